The molecule has 1 rings (SSSR count). The number of carbonyl (C=O) groups excluding carboxylic acids is 1. The van der Waals surface area contributed by atoms with Crippen molar-refractivity contribution in [3.63, 3.8) is 0 Å². The van der Waals surface area contributed by atoms with E-state index >= 15 is 0 Å². The second kappa shape index (κ2) is 6.69. The fraction of sp³-hybridized carbons (Fsp3) is 0.800. The van der Waals surface area contributed by atoms with Crippen molar-refractivity contribution in [1.29, 1.82) is 0 Å². The van der Waals surface area contributed by atoms with Crippen LogP contribution in [-0.4, -0.2) is 68.6 Å². The van der Waals surface area contributed by atoms with Crippen LogP contribution in [0.3, 0.4) is 0 Å². The first kappa shape index (κ1) is 14.9. The van der Waals surface area contributed by atoms with Crippen molar-refractivity contribution in [2.75, 3.05) is 25.1 Å². The van der Waals surface area contributed by atoms with Crippen molar-refractivity contribution in [3.8, 4) is 0 Å². The van der Waals surface area contributed by atoms with Crippen LogP contribution in [0.25, 0.3) is 0 Å². The van der Waals surface area contributed by atoms with Gasteiger partial charge in [0.05, 0.1) is 6.10 Å². The molecular weight excluding hydrogens is 260 g/mol. The normalized spacial score (nSPS) is 24.9. The minimum Gasteiger partial charge on any atom is -0.480 e. The zero-order chi connectivity index (χ0) is 13.7. The van der Waals surface area contributed by atoms with E-state index in [1.54, 1.807) is 6.26 Å². The van der Waals surface area contributed by atoms with Gasteiger partial charge in [-0.05, 0) is 6.42 Å². The SMILES string of the molecule is CS(=O)CCCNC(=O)N1C[C@@H](O)C[C@H]1C(=O)O. The third-order valence-corrected chi connectivity index (χ3v) is 3.57. The van der Waals surface area contributed by atoms with Gasteiger partial charge in [-0.2, -0.15) is 0 Å². The van der Waals surface area contributed by atoms with Gasteiger partial charge >= 0.3 is 12.0 Å². The number of hydrogen-bond donors (Lipinski definition) is 3. The van der Waals surface area contributed by atoms with Crippen LogP contribution in [0, 0.1) is 0 Å². The molecule has 1 aliphatic rings. The maximum Gasteiger partial charge on any atom is 0.326 e. The maximum absolute atomic E-state index is 11.7. The standard InChI is InChI=1S/C10H18N2O5S/c1-18(17)4-2-3-11-10(16)12-6-7(13)5-8(12)9(14)15/h7-8,13H,2-6H2,1H3,(H,11,16)(H,14,15)/t7-,8-,18?/m0/s1. The second-order valence-electron chi connectivity index (χ2n) is 4.26. The molecule has 0 bridgehead atoms. The average molecular weight is 278 g/mol. The van der Waals surface area contributed by atoms with Gasteiger partial charge in [-0.3, -0.25) is 4.21 Å². The fourth-order valence-corrected chi connectivity index (χ4v) is 2.40. The first-order valence-corrected chi connectivity index (χ1v) is 7.40. The quantitative estimate of drug-likeness (QED) is 0.558. The van der Waals surface area contributed by atoms with E-state index in [1.807, 2.05) is 0 Å². The van der Waals surface area contributed by atoms with Crippen LogP contribution in [0.4, 0.5) is 4.79 Å². The number of aliphatic hydroxyl groups excluding tert-OH is 1. The molecule has 3 atom stereocenters. The van der Waals surface area contributed by atoms with E-state index in [0.29, 0.717) is 18.7 Å². The number of carbonyl (C=O) groups is 2. The molecule has 0 aromatic carbocycles. The van der Waals surface area contributed by atoms with E-state index in [4.69, 9.17) is 5.11 Å². The van der Waals surface area contributed by atoms with Crippen molar-refractivity contribution in [2.45, 2.75) is 25.0 Å². The summed E-state index contributed by atoms with van der Waals surface area (Å²) in [7, 11) is -0.901. The number of β-amino-alcohol motifs (C(OH)–C–C–N with tert-alkyl or cyclic N) is 1. The number of aliphatic carboxylic acids is 1. The van der Waals surface area contributed by atoms with Gasteiger partial charge in [0.25, 0.3) is 0 Å². The number of likely N-dealkylation sites (tertiary alicyclic amines) is 1. The Labute approximate surface area is 108 Å². The van der Waals surface area contributed by atoms with Crippen molar-refractivity contribution < 1.29 is 24.0 Å². The number of urea groups is 1. The fourth-order valence-electron chi connectivity index (χ4n) is 1.84. The maximum atomic E-state index is 11.7. The first-order valence-electron chi connectivity index (χ1n) is 5.67. The zero-order valence-corrected chi connectivity index (χ0v) is 11.0. The number of rotatable bonds is 5. The van der Waals surface area contributed by atoms with Crippen molar-refractivity contribution >= 4 is 22.8 Å². The van der Waals surface area contributed by atoms with Crippen molar-refractivity contribution in [3.05, 3.63) is 0 Å². The third-order valence-electron chi connectivity index (χ3n) is 2.71. The highest BCUT2D eigenvalue weighted by Crippen LogP contribution is 2.17. The largest absolute Gasteiger partial charge is 0.480 e. The third kappa shape index (κ3) is 4.26. The Morgan fingerprint density at radius 2 is 2.17 bits per heavy atom. The molecule has 0 radical (unpaired) electrons. The minimum atomic E-state index is -1.11. The van der Waals surface area contributed by atoms with Gasteiger partial charge in [0, 0.05) is 42.3 Å². The minimum absolute atomic E-state index is 0.0303. The van der Waals surface area contributed by atoms with Crippen LogP contribution in [0.15, 0.2) is 0 Å². The summed E-state index contributed by atoms with van der Waals surface area (Å²) in [6, 6.07) is -1.47. The monoisotopic (exact) mass is 278 g/mol. The van der Waals surface area contributed by atoms with E-state index in [2.05, 4.69) is 5.32 Å². The first-order chi connectivity index (χ1) is 8.41. The zero-order valence-electron chi connectivity index (χ0n) is 10.2. The van der Waals surface area contributed by atoms with Gasteiger partial charge < -0.3 is 20.4 Å². The number of nitrogens with zero attached hydrogens (tertiary/aromatic N) is 1. The van der Waals surface area contributed by atoms with Gasteiger partial charge in [0.15, 0.2) is 0 Å². The molecule has 0 aliphatic carbocycles. The highest BCUT2D eigenvalue weighted by Gasteiger charge is 2.38. The topological polar surface area (TPSA) is 107 Å². The summed E-state index contributed by atoms with van der Waals surface area (Å²) >= 11 is 0. The molecule has 1 heterocycles. The molecule has 1 unspecified atom stereocenters. The molecule has 0 saturated carbocycles. The molecule has 3 N–H and O–H groups in total. The molecule has 0 aromatic heterocycles. The Hall–Kier alpha value is -1.15. The van der Waals surface area contributed by atoms with Gasteiger partial charge in [-0.1, -0.05) is 0 Å². The molecule has 104 valence electrons. The number of carboxylic acids is 1. The Bertz CT molecular complexity index is 349. The van der Waals surface area contributed by atoms with E-state index in [-0.39, 0.29) is 13.0 Å². The average Bonchev–Trinajstić information content (AvgIpc) is 2.66. The van der Waals surface area contributed by atoms with Crippen LogP contribution >= 0.6 is 0 Å². The summed E-state index contributed by atoms with van der Waals surface area (Å²) in [5.74, 6) is -0.623. The highest BCUT2D eigenvalue weighted by molar-refractivity contribution is 7.84. The van der Waals surface area contributed by atoms with E-state index < -0.39 is 34.9 Å². The molecule has 1 saturated heterocycles. The lowest BCUT2D eigenvalue weighted by molar-refractivity contribution is -0.141. The van der Waals surface area contributed by atoms with Crippen LogP contribution in [0.1, 0.15) is 12.8 Å². The van der Waals surface area contributed by atoms with Crippen LogP contribution in [-0.2, 0) is 15.6 Å². The molecule has 1 fully saturated rings. The molecule has 0 spiro atoms. The molecule has 1 aliphatic heterocycles. The van der Waals surface area contributed by atoms with E-state index in [9.17, 15) is 18.9 Å². The summed E-state index contributed by atoms with van der Waals surface area (Å²) in [5.41, 5.74) is 0. The summed E-state index contributed by atoms with van der Waals surface area (Å²) in [4.78, 5) is 23.7. The molecule has 2 amide bonds. The highest BCUT2D eigenvalue weighted by atomic mass is 32.2. The van der Waals surface area contributed by atoms with E-state index in [1.165, 1.54) is 0 Å². The number of carboxylic acid groups (broad SMARTS) is 1. The number of hydrogen-bond acceptors (Lipinski definition) is 4. The second-order valence-corrected chi connectivity index (χ2v) is 5.81. The lowest BCUT2D eigenvalue weighted by Crippen LogP contribution is -2.46. The predicted octanol–water partition coefficient (Wildman–Crippen LogP) is -1.02. The lowest BCUT2D eigenvalue weighted by atomic mass is 10.2. The van der Waals surface area contributed by atoms with Crippen LogP contribution < -0.4 is 5.32 Å². The molecule has 18 heavy (non-hydrogen) atoms. The number of nitrogens with one attached hydrogen (secondary N) is 1. The predicted molar refractivity (Wildman–Crippen MR) is 65.7 cm³/mol. The number of amides is 2. The summed E-state index contributed by atoms with van der Waals surface area (Å²) < 4.78 is 10.8. The summed E-state index contributed by atoms with van der Waals surface area (Å²) in [5, 5.41) is 20.9. The molecular formula is C10H18N2O5S. The van der Waals surface area contributed by atoms with Crippen LogP contribution in [0.5, 0.6) is 0 Å². The van der Waals surface area contributed by atoms with E-state index in [0.717, 1.165) is 4.90 Å². The smallest absolute Gasteiger partial charge is 0.326 e. The summed E-state index contributed by atoms with van der Waals surface area (Å²) in [6.07, 6.45) is 1.42. The van der Waals surface area contributed by atoms with Crippen LogP contribution in [0.2, 0.25) is 0 Å². The lowest BCUT2D eigenvalue weighted by Gasteiger charge is -2.21. The molecule has 8 heteroatoms. The Kier molecular flexibility index (Phi) is 5.54. The summed E-state index contributed by atoms with van der Waals surface area (Å²) in [6.45, 7) is 0.375. The van der Waals surface area contributed by atoms with Gasteiger partial charge in [0.2, 0.25) is 0 Å². The van der Waals surface area contributed by atoms with Crippen molar-refractivity contribution in [2.24, 2.45) is 0 Å². The number of aliphatic hydroxyl groups is 1. The molecule has 0 aromatic rings. The Morgan fingerprint density at radius 3 is 2.72 bits per heavy atom. The van der Waals surface area contributed by atoms with Crippen molar-refractivity contribution in [1.82, 2.24) is 10.2 Å². The van der Waals surface area contributed by atoms with Gasteiger partial charge in [0.1, 0.15) is 6.04 Å². The Morgan fingerprint density at radius 1 is 1.50 bits per heavy atom. The van der Waals surface area contributed by atoms with Gasteiger partial charge in [-0.15, -0.1) is 0 Å². The molecule has 7 nitrogen and oxygen atoms in total. The Balaban J connectivity index is 2.40. The van der Waals surface area contributed by atoms with Gasteiger partial charge in [-0.25, -0.2) is 9.59 Å².